The Balaban J connectivity index is 0.000000133. The van der Waals surface area contributed by atoms with Gasteiger partial charge in [0.1, 0.15) is 39.3 Å². The van der Waals surface area contributed by atoms with E-state index in [0.29, 0.717) is 0 Å². The fourth-order valence-corrected chi connectivity index (χ4v) is 18.1. The summed E-state index contributed by atoms with van der Waals surface area (Å²) in [5.41, 5.74) is 30.1. The van der Waals surface area contributed by atoms with Crippen molar-refractivity contribution in [2.45, 2.75) is 19.3 Å². The van der Waals surface area contributed by atoms with Crippen LogP contribution in [0.15, 0.2) is 371 Å². The molecule has 1 aliphatic carbocycles. The Morgan fingerprint density at radius 2 is 0.766 bits per heavy atom. The molecule has 1 aliphatic rings. The average molecular weight is 1420 g/mol. The molecule has 0 spiro atoms. The lowest BCUT2D eigenvalue weighted by molar-refractivity contribution is 0.661. The fourth-order valence-electron chi connectivity index (χ4n) is 18.1. The summed E-state index contributed by atoms with van der Waals surface area (Å²) in [6, 6.07) is 127. The van der Waals surface area contributed by atoms with Crippen molar-refractivity contribution in [2.75, 3.05) is 0 Å². The van der Waals surface area contributed by atoms with Gasteiger partial charge in [0.25, 0.3) is 0 Å². The lowest BCUT2D eigenvalue weighted by Gasteiger charge is -2.21. The monoisotopic (exact) mass is 1420 g/mol. The molecule has 111 heavy (non-hydrogen) atoms. The van der Waals surface area contributed by atoms with Crippen LogP contribution in [0.1, 0.15) is 25.0 Å². The van der Waals surface area contributed by atoms with Crippen LogP contribution in [0.4, 0.5) is 0 Å². The molecule has 0 radical (unpaired) electrons. The van der Waals surface area contributed by atoms with Crippen molar-refractivity contribution in [3.8, 4) is 84.3 Å². The highest BCUT2D eigenvalue weighted by atomic mass is 16.3. The Morgan fingerprint density at radius 3 is 1.50 bits per heavy atom. The second-order valence-electron chi connectivity index (χ2n) is 29.9. The van der Waals surface area contributed by atoms with Gasteiger partial charge in [0.2, 0.25) is 0 Å². The number of hydrogen-bond acceptors (Lipinski definition) is 5. The summed E-state index contributed by atoms with van der Waals surface area (Å²) in [5.74, 6) is 0.918. The lowest BCUT2D eigenvalue weighted by atomic mass is 9.82. The third kappa shape index (κ3) is 9.67. The summed E-state index contributed by atoms with van der Waals surface area (Å²) in [7, 11) is 0. The number of rotatable bonds is 8. The molecule has 0 unspecified atom stereocenters. The molecule has 520 valence electrons. The zero-order chi connectivity index (χ0) is 73.2. The highest BCUT2D eigenvalue weighted by molar-refractivity contribution is 6.17. The van der Waals surface area contributed by atoms with E-state index in [4.69, 9.17) is 23.2 Å². The first kappa shape index (κ1) is 62.6. The number of benzene rings is 16. The van der Waals surface area contributed by atoms with Crippen molar-refractivity contribution in [2.24, 2.45) is 0 Å². The molecule has 0 N–H and O–H groups in total. The van der Waals surface area contributed by atoms with E-state index in [1.165, 1.54) is 60.4 Å². The molecular formula is C103H65N5O3. The normalized spacial score (nSPS) is 12.7. The number of hydrogen-bond donors (Lipinski definition) is 0. The average Bonchev–Trinajstić information content (AvgIpc) is 1.55. The summed E-state index contributed by atoms with van der Waals surface area (Å²) in [6.07, 6.45) is 0. The second-order valence-corrected chi connectivity index (χ2v) is 29.9. The number of imidazole rings is 1. The van der Waals surface area contributed by atoms with Crippen molar-refractivity contribution >= 4 is 131 Å². The molecule has 0 saturated carbocycles. The number of fused-ring (bicyclic) bond motifs is 20. The Kier molecular flexibility index (Phi) is 13.6. The molecule has 0 saturated heterocycles. The number of para-hydroxylation sites is 6. The molecule has 0 bridgehead atoms. The maximum atomic E-state index is 6.78. The number of furan rings is 3. The van der Waals surface area contributed by atoms with Crippen LogP contribution in [0.2, 0.25) is 0 Å². The van der Waals surface area contributed by atoms with Gasteiger partial charge in [-0.2, -0.15) is 0 Å². The third-order valence-electron chi connectivity index (χ3n) is 23.3. The fraction of sp³-hybridized carbons (Fsp3) is 0.0291. The van der Waals surface area contributed by atoms with E-state index in [2.05, 4.69) is 361 Å². The maximum absolute atomic E-state index is 6.78. The molecule has 8 nitrogen and oxygen atoms in total. The van der Waals surface area contributed by atoms with E-state index in [1.54, 1.807) is 0 Å². The number of pyridine rings is 1. The maximum Gasteiger partial charge on any atom is 0.145 e. The van der Waals surface area contributed by atoms with Crippen LogP contribution in [0, 0.1) is 0 Å². The molecule has 0 amide bonds. The molecule has 23 aromatic rings. The molecular weight excluding hydrogens is 1360 g/mol. The highest BCUT2D eigenvalue weighted by Crippen LogP contribution is 2.52. The third-order valence-corrected chi connectivity index (χ3v) is 23.3. The second kappa shape index (κ2) is 24.2. The highest BCUT2D eigenvalue weighted by Gasteiger charge is 2.36. The predicted octanol–water partition coefficient (Wildman–Crippen LogP) is 27.8. The van der Waals surface area contributed by atoms with Crippen LogP contribution in [0.5, 0.6) is 0 Å². The van der Waals surface area contributed by atoms with Crippen LogP contribution in [0.25, 0.3) is 216 Å². The first-order valence-corrected chi connectivity index (χ1v) is 37.9. The summed E-state index contributed by atoms with van der Waals surface area (Å²) >= 11 is 0. The van der Waals surface area contributed by atoms with E-state index in [-0.39, 0.29) is 5.41 Å². The van der Waals surface area contributed by atoms with Gasteiger partial charge >= 0.3 is 0 Å². The van der Waals surface area contributed by atoms with Crippen molar-refractivity contribution in [1.82, 2.24) is 23.7 Å². The standard InChI is InChI=1S/C52H35N3O.C51H30N2O2/c1-52(2)43-22-11-9-18-37(43)40-30-41-38-19-10-12-23-46(38)54(47(41)31-44(40)52)35-25-27-49-42(29-35)39-21-13-20-36(50(39)56-49)33-24-26-45-48(28-33)55(34-16-7-4-8-17-34)51(53-45)32-14-5-3-6-15-32;1-2-11-31(12-3-1)50-36-14-5-4-13-34(36)29-44(52-50)40-18-10-17-39-43-30-35(23-26-49(43)55-51(39)40)53-45-19-8-6-15-37(45)41-27-32(21-24-46(41)53)33-22-25-48-42(28-33)38-16-7-9-20-47(38)54-48/h3-31H,1-2H3;1-30H. The van der Waals surface area contributed by atoms with Gasteiger partial charge in [0.05, 0.1) is 44.5 Å². The van der Waals surface area contributed by atoms with Crippen molar-refractivity contribution < 1.29 is 13.3 Å². The van der Waals surface area contributed by atoms with Gasteiger partial charge in [-0.1, -0.05) is 244 Å². The van der Waals surface area contributed by atoms with E-state index in [9.17, 15) is 0 Å². The molecule has 0 atom stereocenters. The largest absolute Gasteiger partial charge is 0.456 e. The molecule has 0 aliphatic heterocycles. The van der Waals surface area contributed by atoms with Crippen LogP contribution < -0.4 is 0 Å². The number of nitrogens with zero attached hydrogens (tertiary/aromatic N) is 5. The predicted molar refractivity (Wildman–Crippen MR) is 458 cm³/mol. The molecule has 7 heterocycles. The molecule has 8 heteroatoms. The molecule has 7 aromatic heterocycles. The zero-order valence-corrected chi connectivity index (χ0v) is 60.5. The molecule has 0 fully saturated rings. The van der Waals surface area contributed by atoms with Gasteiger partial charge in [-0.25, -0.2) is 9.97 Å². The molecule has 24 rings (SSSR count). The van der Waals surface area contributed by atoms with Crippen LogP contribution in [0.3, 0.4) is 0 Å². The number of aromatic nitrogens is 5. The topological polar surface area (TPSA) is 80.0 Å². The Labute approximate surface area is 636 Å². The van der Waals surface area contributed by atoms with Gasteiger partial charge < -0.3 is 22.4 Å². The smallest absolute Gasteiger partial charge is 0.145 e. The summed E-state index contributed by atoms with van der Waals surface area (Å²) in [4.78, 5) is 10.4. The Bertz CT molecular complexity index is 7800. The van der Waals surface area contributed by atoms with Gasteiger partial charge in [0, 0.05) is 104 Å². The summed E-state index contributed by atoms with van der Waals surface area (Å²) in [5, 5.41) is 13.8. The lowest BCUT2D eigenvalue weighted by Crippen LogP contribution is -2.14. The van der Waals surface area contributed by atoms with Crippen molar-refractivity contribution in [1.29, 1.82) is 0 Å². The van der Waals surface area contributed by atoms with Crippen molar-refractivity contribution in [3.05, 3.63) is 369 Å². The first-order valence-electron chi connectivity index (χ1n) is 37.9. The van der Waals surface area contributed by atoms with Gasteiger partial charge in [-0.15, -0.1) is 0 Å². The minimum absolute atomic E-state index is 0.0898. The van der Waals surface area contributed by atoms with E-state index < -0.39 is 0 Å². The summed E-state index contributed by atoms with van der Waals surface area (Å²) in [6.45, 7) is 4.71. The summed E-state index contributed by atoms with van der Waals surface area (Å²) < 4.78 is 26.7. The van der Waals surface area contributed by atoms with E-state index in [0.717, 1.165) is 166 Å². The Hall–Kier alpha value is -14.6. The molecule has 16 aromatic carbocycles. The van der Waals surface area contributed by atoms with Crippen molar-refractivity contribution in [3.63, 3.8) is 0 Å². The Morgan fingerprint density at radius 1 is 0.252 bits per heavy atom. The van der Waals surface area contributed by atoms with E-state index in [1.807, 2.05) is 24.3 Å². The van der Waals surface area contributed by atoms with Crippen LogP contribution in [-0.4, -0.2) is 23.7 Å². The SMILES string of the molecule is CC1(C)c2ccccc2-c2cc3c4ccccc4n(-c4ccc5oc6c(-c7ccc8nc(-c9ccccc9)n(-c9ccccc9)c8c7)cccc6c5c4)c3cc21.c1ccc(-c2nc(-c3cccc4c3oc3ccc(-n5c6ccccc6c6cc(-c7ccc8oc9ccccc9c8c7)ccc65)cc34)cc3ccccc23)cc1. The van der Waals surface area contributed by atoms with E-state index >= 15 is 0 Å². The minimum Gasteiger partial charge on any atom is -0.456 e. The van der Waals surface area contributed by atoms with Gasteiger partial charge in [0.15, 0.2) is 0 Å². The van der Waals surface area contributed by atoms with Crippen LogP contribution in [-0.2, 0) is 5.41 Å². The quantitative estimate of drug-likeness (QED) is 0.151. The minimum atomic E-state index is -0.0898. The zero-order valence-electron chi connectivity index (χ0n) is 60.5. The van der Waals surface area contributed by atoms with Gasteiger partial charge in [-0.3, -0.25) is 4.57 Å². The first-order chi connectivity index (χ1) is 54.8. The van der Waals surface area contributed by atoms with Crippen LogP contribution >= 0.6 is 0 Å². The van der Waals surface area contributed by atoms with Gasteiger partial charge in [-0.05, 0) is 172 Å².